The van der Waals surface area contributed by atoms with E-state index in [0.717, 1.165) is 31.5 Å². The number of carbonyl (C=O) groups is 2. The Hall–Kier alpha value is -2.42. The van der Waals surface area contributed by atoms with Crippen molar-refractivity contribution in [1.82, 2.24) is 9.21 Å². The van der Waals surface area contributed by atoms with Gasteiger partial charge in [0.25, 0.3) is 5.91 Å². The molecule has 0 aliphatic carbocycles. The number of halogens is 1. The van der Waals surface area contributed by atoms with Crippen LogP contribution in [0.15, 0.2) is 53.4 Å². The number of ether oxygens (including phenoxy) is 1. The van der Waals surface area contributed by atoms with Gasteiger partial charge in [-0.2, -0.15) is 4.31 Å². The lowest BCUT2D eigenvalue weighted by atomic mass is 10.00. The quantitative estimate of drug-likeness (QED) is 0.576. The lowest BCUT2D eigenvalue weighted by Crippen LogP contribution is -2.42. The van der Waals surface area contributed by atoms with Crippen molar-refractivity contribution >= 4 is 33.5 Å². The number of hydrogen-bond acceptors (Lipinski definition) is 5. The maximum Gasteiger partial charge on any atom is 0.310 e. The zero-order chi connectivity index (χ0) is 23.4. The van der Waals surface area contributed by atoms with Gasteiger partial charge in [-0.15, -0.1) is 0 Å². The molecular formula is C24H27ClN2O5S. The first-order valence-electron chi connectivity index (χ1n) is 11.2. The Balaban J connectivity index is 1.33. The molecule has 1 unspecified atom stereocenters. The SMILES string of the molecule is O=C(OCc1ccc(C(=O)N2CCCC2)cc1)C1CCCN(S(=O)(=O)c2ccc(Cl)cc2)C1. The Bertz CT molecular complexity index is 1100. The lowest BCUT2D eigenvalue weighted by Gasteiger charge is -2.30. The fraction of sp³-hybridized carbons (Fsp3) is 0.417. The van der Waals surface area contributed by atoms with Crippen LogP contribution in [-0.2, 0) is 26.2 Å². The highest BCUT2D eigenvalue weighted by molar-refractivity contribution is 7.89. The number of likely N-dealkylation sites (tertiary alicyclic amines) is 1. The van der Waals surface area contributed by atoms with Crippen LogP contribution in [0, 0.1) is 5.92 Å². The first kappa shape index (κ1) is 23.7. The normalized spacial score (nSPS) is 19.4. The Morgan fingerprint density at radius 3 is 2.27 bits per heavy atom. The highest BCUT2D eigenvalue weighted by Crippen LogP contribution is 2.26. The first-order valence-corrected chi connectivity index (χ1v) is 13.0. The zero-order valence-corrected chi connectivity index (χ0v) is 19.9. The third-order valence-electron chi connectivity index (χ3n) is 6.14. The average molecular weight is 491 g/mol. The number of piperidine rings is 1. The number of amides is 1. The molecule has 0 N–H and O–H groups in total. The predicted molar refractivity (Wildman–Crippen MR) is 124 cm³/mol. The third kappa shape index (κ3) is 5.57. The van der Waals surface area contributed by atoms with Crippen LogP contribution < -0.4 is 0 Å². The van der Waals surface area contributed by atoms with Gasteiger partial charge in [-0.1, -0.05) is 23.7 Å². The zero-order valence-electron chi connectivity index (χ0n) is 18.3. The fourth-order valence-corrected chi connectivity index (χ4v) is 5.88. The summed E-state index contributed by atoms with van der Waals surface area (Å²) in [6.07, 6.45) is 3.24. The Morgan fingerprint density at radius 2 is 1.61 bits per heavy atom. The van der Waals surface area contributed by atoms with Crippen LogP contribution in [0.1, 0.15) is 41.6 Å². The number of esters is 1. The van der Waals surface area contributed by atoms with Crippen molar-refractivity contribution < 1.29 is 22.7 Å². The van der Waals surface area contributed by atoms with Crippen molar-refractivity contribution in [3.05, 3.63) is 64.7 Å². The molecular weight excluding hydrogens is 464 g/mol. The second-order valence-electron chi connectivity index (χ2n) is 8.46. The summed E-state index contributed by atoms with van der Waals surface area (Å²) in [5.74, 6) is -0.902. The van der Waals surface area contributed by atoms with Gasteiger partial charge in [-0.3, -0.25) is 9.59 Å². The number of sulfonamides is 1. The number of hydrogen-bond donors (Lipinski definition) is 0. The van der Waals surface area contributed by atoms with Crippen molar-refractivity contribution in [1.29, 1.82) is 0 Å². The van der Waals surface area contributed by atoms with Gasteiger partial charge in [0.05, 0.1) is 10.8 Å². The Morgan fingerprint density at radius 1 is 0.939 bits per heavy atom. The fourth-order valence-electron chi connectivity index (χ4n) is 4.23. The molecule has 9 heteroatoms. The van der Waals surface area contributed by atoms with E-state index in [1.54, 1.807) is 24.3 Å². The van der Waals surface area contributed by atoms with Crippen LogP contribution in [0.5, 0.6) is 0 Å². The van der Waals surface area contributed by atoms with Crippen molar-refractivity contribution in [3.8, 4) is 0 Å². The first-order chi connectivity index (χ1) is 15.8. The summed E-state index contributed by atoms with van der Waals surface area (Å²) in [5.41, 5.74) is 1.41. The van der Waals surface area contributed by atoms with Crippen molar-refractivity contribution in [3.63, 3.8) is 0 Å². The molecule has 176 valence electrons. The number of rotatable bonds is 6. The molecule has 0 aromatic heterocycles. The topological polar surface area (TPSA) is 84.0 Å². The van der Waals surface area contributed by atoms with E-state index in [2.05, 4.69) is 0 Å². The predicted octanol–water partition coefficient (Wildman–Crippen LogP) is 3.72. The van der Waals surface area contributed by atoms with Crippen molar-refractivity contribution in [2.75, 3.05) is 26.2 Å². The summed E-state index contributed by atoms with van der Waals surface area (Å²) in [6, 6.07) is 13.1. The molecule has 7 nitrogen and oxygen atoms in total. The van der Waals surface area contributed by atoms with Crippen LogP contribution in [-0.4, -0.2) is 55.7 Å². The average Bonchev–Trinajstić information content (AvgIpc) is 3.38. The Kier molecular flexibility index (Phi) is 7.36. The molecule has 4 rings (SSSR count). The van der Waals surface area contributed by atoms with E-state index in [0.29, 0.717) is 30.0 Å². The van der Waals surface area contributed by atoms with Gasteiger partial charge in [0.15, 0.2) is 0 Å². The molecule has 2 aliphatic heterocycles. The van der Waals surface area contributed by atoms with Gasteiger partial charge in [0.1, 0.15) is 6.61 Å². The molecule has 2 fully saturated rings. The van der Waals surface area contributed by atoms with Crippen molar-refractivity contribution in [2.24, 2.45) is 5.92 Å². The van der Waals surface area contributed by atoms with Crippen LogP contribution in [0.3, 0.4) is 0 Å². The minimum absolute atomic E-state index is 0.0280. The minimum atomic E-state index is -3.70. The molecule has 2 saturated heterocycles. The van der Waals surface area contributed by atoms with Gasteiger partial charge in [0, 0.05) is 36.8 Å². The molecule has 0 saturated carbocycles. The summed E-state index contributed by atoms with van der Waals surface area (Å²) in [5, 5.41) is 0.461. The molecule has 1 amide bonds. The third-order valence-corrected chi connectivity index (χ3v) is 8.28. The van der Waals surface area contributed by atoms with E-state index in [-0.39, 0.29) is 24.0 Å². The molecule has 1 atom stereocenters. The minimum Gasteiger partial charge on any atom is -0.461 e. The molecule has 33 heavy (non-hydrogen) atoms. The van der Waals surface area contributed by atoms with Gasteiger partial charge in [-0.25, -0.2) is 8.42 Å². The lowest BCUT2D eigenvalue weighted by molar-refractivity contribution is -0.151. The van der Waals surface area contributed by atoms with E-state index >= 15 is 0 Å². The summed E-state index contributed by atoms with van der Waals surface area (Å²) < 4.78 is 32.7. The van der Waals surface area contributed by atoms with E-state index in [9.17, 15) is 18.0 Å². The van der Waals surface area contributed by atoms with Crippen LogP contribution >= 0.6 is 11.6 Å². The molecule has 2 aromatic carbocycles. The standard InChI is InChI=1S/C24H27ClN2O5S/c25-21-9-11-22(12-10-21)33(30,31)27-15-3-4-20(16-27)24(29)32-17-18-5-7-19(8-6-18)23(28)26-13-1-2-14-26/h5-12,20H,1-4,13-17H2. The summed E-state index contributed by atoms with van der Waals surface area (Å²) in [7, 11) is -3.70. The van der Waals surface area contributed by atoms with Crippen LogP contribution in [0.25, 0.3) is 0 Å². The second kappa shape index (κ2) is 10.2. The van der Waals surface area contributed by atoms with Gasteiger partial charge in [-0.05, 0) is 67.6 Å². The van der Waals surface area contributed by atoms with Gasteiger partial charge < -0.3 is 9.64 Å². The molecule has 0 radical (unpaired) electrons. The Labute approximate surface area is 199 Å². The van der Waals surface area contributed by atoms with E-state index in [4.69, 9.17) is 16.3 Å². The smallest absolute Gasteiger partial charge is 0.310 e. The highest BCUT2D eigenvalue weighted by Gasteiger charge is 2.34. The number of carbonyl (C=O) groups excluding carboxylic acids is 2. The summed E-state index contributed by atoms with van der Waals surface area (Å²) in [4.78, 5) is 27.1. The monoisotopic (exact) mass is 490 g/mol. The van der Waals surface area contributed by atoms with E-state index in [1.165, 1.54) is 28.6 Å². The maximum absolute atomic E-state index is 12.9. The summed E-state index contributed by atoms with van der Waals surface area (Å²) >= 11 is 5.86. The molecule has 2 aliphatic rings. The number of nitrogens with zero attached hydrogens (tertiary/aromatic N) is 2. The summed E-state index contributed by atoms with van der Waals surface area (Å²) in [6.45, 7) is 2.13. The van der Waals surface area contributed by atoms with E-state index in [1.807, 2.05) is 4.90 Å². The maximum atomic E-state index is 12.9. The second-order valence-corrected chi connectivity index (χ2v) is 10.8. The van der Waals surface area contributed by atoms with Gasteiger partial charge >= 0.3 is 5.97 Å². The molecule has 0 bridgehead atoms. The molecule has 2 aromatic rings. The van der Waals surface area contributed by atoms with E-state index < -0.39 is 21.9 Å². The number of benzene rings is 2. The van der Waals surface area contributed by atoms with Crippen molar-refractivity contribution in [2.45, 2.75) is 37.2 Å². The highest BCUT2D eigenvalue weighted by atomic mass is 35.5. The van der Waals surface area contributed by atoms with Crippen LogP contribution in [0.4, 0.5) is 0 Å². The molecule has 0 spiro atoms. The van der Waals surface area contributed by atoms with Gasteiger partial charge in [0.2, 0.25) is 10.0 Å². The molecule has 2 heterocycles. The largest absolute Gasteiger partial charge is 0.461 e. The van der Waals surface area contributed by atoms with Crippen LogP contribution in [0.2, 0.25) is 5.02 Å².